The van der Waals surface area contributed by atoms with Crippen molar-refractivity contribution in [2.24, 2.45) is 5.92 Å². The maximum atomic E-state index is 8.99. The van der Waals surface area contributed by atoms with Crippen LogP contribution in [0.25, 0.3) is 0 Å². The first-order chi connectivity index (χ1) is 7.17. The molecule has 15 heavy (non-hydrogen) atoms. The molecule has 4 heteroatoms. The van der Waals surface area contributed by atoms with Gasteiger partial charge in [-0.2, -0.15) is 5.10 Å². The fourth-order valence-electron chi connectivity index (χ4n) is 1.31. The molecule has 2 atom stereocenters. The predicted molar refractivity (Wildman–Crippen MR) is 60.5 cm³/mol. The van der Waals surface area contributed by atoms with E-state index in [1.807, 2.05) is 24.0 Å². The van der Waals surface area contributed by atoms with Crippen molar-refractivity contribution in [1.82, 2.24) is 15.1 Å². The summed E-state index contributed by atoms with van der Waals surface area (Å²) in [5.74, 6) is 0.284. The molecule has 2 N–H and O–H groups in total. The Morgan fingerprint density at radius 1 is 1.53 bits per heavy atom. The molecule has 1 aromatic rings. The molecule has 1 rings (SSSR count). The van der Waals surface area contributed by atoms with E-state index < -0.39 is 0 Å². The van der Waals surface area contributed by atoms with Gasteiger partial charge in [0.1, 0.15) is 0 Å². The highest BCUT2D eigenvalue weighted by Gasteiger charge is 2.10. The Labute approximate surface area is 91.3 Å². The molecule has 0 aromatic carbocycles. The lowest BCUT2D eigenvalue weighted by Crippen LogP contribution is -2.33. The van der Waals surface area contributed by atoms with Crippen LogP contribution in [0.15, 0.2) is 12.4 Å². The van der Waals surface area contributed by atoms with Crippen LogP contribution in [0.1, 0.15) is 26.3 Å². The highest BCUT2D eigenvalue weighted by Crippen LogP contribution is 2.03. The first kappa shape index (κ1) is 12.2. The van der Waals surface area contributed by atoms with Gasteiger partial charge in [-0.05, 0) is 19.8 Å². The first-order valence-electron chi connectivity index (χ1n) is 5.53. The van der Waals surface area contributed by atoms with Crippen LogP contribution < -0.4 is 5.32 Å². The Morgan fingerprint density at radius 3 is 2.80 bits per heavy atom. The van der Waals surface area contributed by atoms with Gasteiger partial charge in [0.2, 0.25) is 0 Å². The van der Waals surface area contributed by atoms with Crippen LogP contribution in [-0.2, 0) is 13.1 Å². The van der Waals surface area contributed by atoms with Gasteiger partial charge in [-0.1, -0.05) is 6.92 Å². The summed E-state index contributed by atoms with van der Waals surface area (Å²) < 4.78 is 1.91. The van der Waals surface area contributed by atoms with E-state index in [4.69, 9.17) is 5.11 Å². The number of aryl methyl sites for hydroxylation is 1. The molecule has 0 bridgehead atoms. The molecule has 0 spiro atoms. The second kappa shape index (κ2) is 5.88. The molecule has 0 radical (unpaired) electrons. The molecule has 2 unspecified atom stereocenters. The molecule has 0 aliphatic heterocycles. The number of aromatic nitrogens is 2. The van der Waals surface area contributed by atoms with Crippen LogP contribution in [0.3, 0.4) is 0 Å². The highest BCUT2D eigenvalue weighted by atomic mass is 16.3. The zero-order valence-electron chi connectivity index (χ0n) is 9.77. The summed E-state index contributed by atoms with van der Waals surface area (Å²) in [6.45, 7) is 8.13. The summed E-state index contributed by atoms with van der Waals surface area (Å²) >= 11 is 0. The topological polar surface area (TPSA) is 50.1 Å². The molecule has 0 fully saturated rings. The number of nitrogens with one attached hydrogen (secondary N) is 1. The monoisotopic (exact) mass is 211 g/mol. The number of nitrogens with zero attached hydrogens (tertiary/aromatic N) is 2. The van der Waals surface area contributed by atoms with E-state index in [0.717, 1.165) is 13.1 Å². The molecule has 1 heterocycles. The largest absolute Gasteiger partial charge is 0.396 e. The van der Waals surface area contributed by atoms with E-state index in [9.17, 15) is 0 Å². The van der Waals surface area contributed by atoms with Crippen molar-refractivity contribution < 1.29 is 5.11 Å². The van der Waals surface area contributed by atoms with Gasteiger partial charge < -0.3 is 10.4 Å². The van der Waals surface area contributed by atoms with Crippen molar-refractivity contribution in [1.29, 1.82) is 0 Å². The van der Waals surface area contributed by atoms with Crippen molar-refractivity contribution in [3.63, 3.8) is 0 Å². The van der Waals surface area contributed by atoms with E-state index >= 15 is 0 Å². The summed E-state index contributed by atoms with van der Waals surface area (Å²) in [5, 5.41) is 16.6. The van der Waals surface area contributed by atoms with Crippen molar-refractivity contribution in [3.8, 4) is 0 Å². The van der Waals surface area contributed by atoms with Gasteiger partial charge in [0.25, 0.3) is 0 Å². The predicted octanol–water partition coefficient (Wildman–Crippen LogP) is 1.01. The first-order valence-corrected chi connectivity index (χ1v) is 5.53. The third kappa shape index (κ3) is 3.64. The summed E-state index contributed by atoms with van der Waals surface area (Å²) in [4.78, 5) is 0. The normalized spacial score (nSPS) is 15.2. The van der Waals surface area contributed by atoms with Crippen LogP contribution in [-0.4, -0.2) is 27.5 Å². The summed E-state index contributed by atoms with van der Waals surface area (Å²) in [7, 11) is 0. The highest BCUT2D eigenvalue weighted by molar-refractivity contribution is 5.03. The molecule has 0 saturated heterocycles. The number of hydrogen-bond donors (Lipinski definition) is 2. The Hall–Kier alpha value is -0.870. The average molecular weight is 211 g/mol. The number of rotatable bonds is 6. The van der Waals surface area contributed by atoms with E-state index in [1.165, 1.54) is 5.56 Å². The molecule has 0 amide bonds. The zero-order valence-corrected chi connectivity index (χ0v) is 9.77. The number of hydrogen-bond acceptors (Lipinski definition) is 3. The molecule has 4 nitrogen and oxygen atoms in total. The van der Waals surface area contributed by atoms with Crippen LogP contribution in [0.4, 0.5) is 0 Å². The van der Waals surface area contributed by atoms with Gasteiger partial charge >= 0.3 is 0 Å². The third-order valence-electron chi connectivity index (χ3n) is 2.78. The smallest absolute Gasteiger partial charge is 0.0534 e. The van der Waals surface area contributed by atoms with Gasteiger partial charge in [-0.3, -0.25) is 4.68 Å². The summed E-state index contributed by atoms with van der Waals surface area (Å²) in [6.07, 6.45) is 3.93. The maximum Gasteiger partial charge on any atom is 0.0534 e. The van der Waals surface area contributed by atoms with Crippen molar-refractivity contribution >= 4 is 0 Å². The number of aliphatic hydroxyl groups is 1. The third-order valence-corrected chi connectivity index (χ3v) is 2.78. The van der Waals surface area contributed by atoms with Crippen LogP contribution in [0.5, 0.6) is 0 Å². The molecule has 0 saturated carbocycles. The fourth-order valence-corrected chi connectivity index (χ4v) is 1.31. The molecular formula is C11H21N3O. The maximum absolute atomic E-state index is 8.99. The average Bonchev–Trinajstić information content (AvgIpc) is 2.72. The minimum atomic E-state index is 0.225. The molecule has 1 aromatic heterocycles. The van der Waals surface area contributed by atoms with Gasteiger partial charge in [-0.25, -0.2) is 0 Å². The van der Waals surface area contributed by atoms with Crippen molar-refractivity contribution in [3.05, 3.63) is 18.0 Å². The molecule has 0 aliphatic rings. The fraction of sp³-hybridized carbons (Fsp3) is 0.727. The second-order valence-corrected chi connectivity index (χ2v) is 4.03. The standard InChI is InChI=1S/C11H21N3O/c1-4-14-7-11(6-13-14)5-12-10(3)9(2)8-15/h6-7,9-10,12,15H,4-5,8H2,1-3H3. The van der Waals surface area contributed by atoms with Crippen LogP contribution in [0.2, 0.25) is 0 Å². The SMILES string of the molecule is CCn1cc(CNC(C)C(C)CO)cn1. The van der Waals surface area contributed by atoms with Crippen molar-refractivity contribution in [2.75, 3.05) is 6.61 Å². The molecule has 0 aliphatic carbocycles. The lowest BCUT2D eigenvalue weighted by atomic mass is 10.1. The Balaban J connectivity index is 2.36. The van der Waals surface area contributed by atoms with Gasteiger partial charge in [0, 0.05) is 37.5 Å². The quantitative estimate of drug-likeness (QED) is 0.738. The summed E-state index contributed by atoms with van der Waals surface area (Å²) in [6, 6.07) is 0.319. The van der Waals surface area contributed by atoms with Crippen LogP contribution in [0, 0.1) is 5.92 Å². The Bertz CT molecular complexity index is 285. The zero-order chi connectivity index (χ0) is 11.3. The minimum absolute atomic E-state index is 0.225. The van der Waals surface area contributed by atoms with Crippen LogP contribution >= 0.6 is 0 Å². The van der Waals surface area contributed by atoms with Crippen molar-refractivity contribution in [2.45, 2.75) is 39.9 Å². The minimum Gasteiger partial charge on any atom is -0.396 e. The molecule has 86 valence electrons. The van der Waals surface area contributed by atoms with E-state index in [2.05, 4.69) is 24.3 Å². The van der Waals surface area contributed by atoms with Gasteiger partial charge in [-0.15, -0.1) is 0 Å². The lowest BCUT2D eigenvalue weighted by Gasteiger charge is -2.18. The lowest BCUT2D eigenvalue weighted by molar-refractivity contribution is 0.207. The van der Waals surface area contributed by atoms with E-state index in [1.54, 1.807) is 0 Å². The second-order valence-electron chi connectivity index (χ2n) is 4.03. The number of aliphatic hydroxyl groups excluding tert-OH is 1. The summed E-state index contributed by atoms with van der Waals surface area (Å²) in [5.41, 5.74) is 1.19. The Kier molecular flexibility index (Phi) is 4.78. The van der Waals surface area contributed by atoms with E-state index in [-0.39, 0.29) is 12.5 Å². The Morgan fingerprint density at radius 2 is 2.27 bits per heavy atom. The van der Waals surface area contributed by atoms with E-state index in [0.29, 0.717) is 6.04 Å². The van der Waals surface area contributed by atoms with Gasteiger partial charge in [0.05, 0.1) is 6.20 Å². The molecular weight excluding hydrogens is 190 g/mol. The van der Waals surface area contributed by atoms with Gasteiger partial charge in [0.15, 0.2) is 0 Å².